The lowest BCUT2D eigenvalue weighted by Gasteiger charge is -2.30. The molecule has 7 nitrogen and oxygen atoms in total. The Bertz CT molecular complexity index is 834. The van der Waals surface area contributed by atoms with Gasteiger partial charge in [0, 0.05) is 12.2 Å². The Balaban J connectivity index is 1.96. The van der Waals surface area contributed by atoms with Crippen molar-refractivity contribution in [1.82, 2.24) is 24.7 Å². The van der Waals surface area contributed by atoms with Crippen LogP contribution in [-0.2, 0) is 0 Å². The molecule has 0 saturated heterocycles. The summed E-state index contributed by atoms with van der Waals surface area (Å²) < 4.78 is 1.63. The van der Waals surface area contributed by atoms with Gasteiger partial charge in [-0.2, -0.15) is 4.68 Å². The molecule has 132 valence electrons. The van der Waals surface area contributed by atoms with Gasteiger partial charge in [-0.1, -0.05) is 55.1 Å². The molecule has 0 atom stereocenters. The Morgan fingerprint density at radius 2 is 1.84 bits per heavy atom. The van der Waals surface area contributed by atoms with Crippen molar-refractivity contribution in [3.63, 3.8) is 0 Å². The van der Waals surface area contributed by atoms with Crippen LogP contribution < -0.4 is 5.69 Å². The smallest absolute Gasteiger partial charge is 0.297 e. The molecule has 1 aromatic heterocycles. The number of aromatic nitrogens is 4. The minimum Gasteiger partial charge on any atom is -0.297 e. The number of tetrazole rings is 1. The van der Waals surface area contributed by atoms with E-state index in [2.05, 4.69) is 17.0 Å². The highest BCUT2D eigenvalue weighted by molar-refractivity contribution is 6.37. The SMILES string of the molecule is C=CN(C(=O)n1nnn(-c2c(Cl)cccc2Cl)c1=O)C1CCCCC1. The van der Waals surface area contributed by atoms with E-state index >= 15 is 0 Å². The fourth-order valence-electron chi connectivity index (χ4n) is 3.05. The number of carbonyl (C=O) groups excluding carboxylic acids is 1. The molecule has 0 aliphatic heterocycles. The number of para-hydroxylation sites is 1. The molecule has 1 amide bonds. The fraction of sp³-hybridized carbons (Fsp3) is 0.375. The van der Waals surface area contributed by atoms with Crippen molar-refractivity contribution in [1.29, 1.82) is 0 Å². The van der Waals surface area contributed by atoms with E-state index < -0.39 is 11.7 Å². The third-order valence-corrected chi connectivity index (χ3v) is 4.91. The molecule has 1 saturated carbocycles. The first-order chi connectivity index (χ1) is 12.0. The summed E-state index contributed by atoms with van der Waals surface area (Å²) in [6.07, 6.45) is 6.41. The van der Waals surface area contributed by atoms with Gasteiger partial charge in [-0.25, -0.2) is 9.59 Å². The molecule has 25 heavy (non-hydrogen) atoms. The highest BCUT2D eigenvalue weighted by Crippen LogP contribution is 2.26. The maximum atomic E-state index is 12.7. The van der Waals surface area contributed by atoms with Crippen molar-refractivity contribution in [3.8, 4) is 5.69 Å². The Morgan fingerprint density at radius 3 is 2.44 bits per heavy atom. The summed E-state index contributed by atoms with van der Waals surface area (Å²) in [5.41, 5.74) is -0.541. The van der Waals surface area contributed by atoms with Crippen LogP contribution in [0.5, 0.6) is 0 Å². The third kappa shape index (κ3) is 3.34. The van der Waals surface area contributed by atoms with E-state index in [1.165, 1.54) is 11.1 Å². The van der Waals surface area contributed by atoms with Crippen molar-refractivity contribution in [3.05, 3.63) is 51.5 Å². The van der Waals surface area contributed by atoms with Crippen LogP contribution >= 0.6 is 23.2 Å². The van der Waals surface area contributed by atoms with E-state index in [4.69, 9.17) is 23.2 Å². The average molecular weight is 382 g/mol. The maximum Gasteiger partial charge on any atom is 0.377 e. The zero-order valence-corrected chi connectivity index (χ0v) is 14.9. The van der Waals surface area contributed by atoms with Gasteiger partial charge >= 0.3 is 11.7 Å². The van der Waals surface area contributed by atoms with Gasteiger partial charge in [0.05, 0.1) is 10.0 Å². The van der Waals surface area contributed by atoms with Crippen molar-refractivity contribution in [2.45, 2.75) is 38.1 Å². The first kappa shape index (κ1) is 17.7. The van der Waals surface area contributed by atoms with Crippen LogP contribution in [0.3, 0.4) is 0 Å². The van der Waals surface area contributed by atoms with Crippen LogP contribution in [0.2, 0.25) is 10.0 Å². The second kappa shape index (κ2) is 7.41. The fourth-order valence-corrected chi connectivity index (χ4v) is 3.61. The van der Waals surface area contributed by atoms with Gasteiger partial charge in [0.25, 0.3) is 0 Å². The van der Waals surface area contributed by atoms with Crippen molar-refractivity contribution in [2.24, 2.45) is 0 Å². The average Bonchev–Trinajstić information content (AvgIpc) is 2.98. The number of hydrogen-bond donors (Lipinski definition) is 0. The molecule has 0 bridgehead atoms. The van der Waals surface area contributed by atoms with E-state index in [1.54, 1.807) is 18.2 Å². The summed E-state index contributed by atoms with van der Waals surface area (Å²) in [4.78, 5) is 26.8. The first-order valence-corrected chi connectivity index (χ1v) is 8.75. The van der Waals surface area contributed by atoms with Crippen LogP contribution in [0, 0.1) is 0 Å². The molecule has 1 aliphatic carbocycles. The van der Waals surface area contributed by atoms with Crippen LogP contribution in [0.4, 0.5) is 4.79 Å². The Kier molecular flexibility index (Phi) is 5.24. The zero-order chi connectivity index (χ0) is 18.0. The van der Waals surface area contributed by atoms with E-state index in [9.17, 15) is 9.59 Å². The lowest BCUT2D eigenvalue weighted by atomic mass is 9.94. The molecule has 1 aliphatic rings. The van der Waals surface area contributed by atoms with E-state index in [-0.39, 0.29) is 21.8 Å². The van der Waals surface area contributed by atoms with Gasteiger partial charge in [-0.15, -0.1) is 4.68 Å². The molecular formula is C16H17Cl2N5O2. The van der Waals surface area contributed by atoms with Gasteiger partial charge in [-0.05, 0) is 35.4 Å². The minimum absolute atomic E-state index is 0.0136. The van der Waals surface area contributed by atoms with E-state index in [0.29, 0.717) is 4.68 Å². The van der Waals surface area contributed by atoms with Crippen LogP contribution in [0.15, 0.2) is 35.8 Å². The van der Waals surface area contributed by atoms with Gasteiger partial charge < -0.3 is 0 Å². The number of nitrogens with zero attached hydrogens (tertiary/aromatic N) is 5. The number of halogens is 2. The molecule has 0 unspecified atom stereocenters. The molecule has 1 aromatic carbocycles. The third-order valence-electron chi connectivity index (χ3n) is 4.30. The number of rotatable bonds is 3. The summed E-state index contributed by atoms with van der Waals surface area (Å²) in [6, 6.07) is 4.24. The van der Waals surface area contributed by atoms with Gasteiger partial charge in [0.1, 0.15) is 5.69 Å². The van der Waals surface area contributed by atoms with E-state index in [1.807, 2.05) is 0 Å². The minimum atomic E-state index is -0.734. The topological polar surface area (TPSA) is 73.0 Å². The molecule has 0 N–H and O–H groups in total. The Hall–Kier alpha value is -2.12. The Morgan fingerprint density at radius 1 is 1.20 bits per heavy atom. The summed E-state index contributed by atoms with van der Waals surface area (Å²) in [6.45, 7) is 3.70. The highest BCUT2D eigenvalue weighted by Gasteiger charge is 2.28. The van der Waals surface area contributed by atoms with Crippen LogP contribution in [0.1, 0.15) is 32.1 Å². The summed E-state index contributed by atoms with van der Waals surface area (Å²) >= 11 is 12.2. The standard InChI is InChI=1S/C16H17Cl2N5O2/c1-2-21(11-7-4-3-5-8-11)15(24)23-16(25)22(19-20-23)14-12(17)9-6-10-13(14)18/h2,6,9-11H,1,3-5,7-8H2. The lowest BCUT2D eigenvalue weighted by molar-refractivity contribution is 0.182. The second-order valence-corrected chi connectivity index (χ2v) is 6.63. The summed E-state index contributed by atoms with van der Waals surface area (Å²) in [5.74, 6) is 0. The quantitative estimate of drug-likeness (QED) is 0.762. The van der Waals surface area contributed by atoms with Gasteiger partial charge in [0.15, 0.2) is 0 Å². The number of carbonyl (C=O) groups is 1. The summed E-state index contributed by atoms with van der Waals surface area (Å²) in [5, 5.41) is 7.93. The van der Waals surface area contributed by atoms with Gasteiger partial charge in [-0.3, -0.25) is 4.90 Å². The largest absolute Gasteiger partial charge is 0.377 e. The molecular weight excluding hydrogens is 365 g/mol. The molecule has 2 aromatic rings. The summed E-state index contributed by atoms with van der Waals surface area (Å²) in [7, 11) is 0. The molecule has 0 spiro atoms. The number of hydrogen-bond acceptors (Lipinski definition) is 4. The monoisotopic (exact) mass is 381 g/mol. The normalized spacial score (nSPS) is 15.1. The maximum absolute atomic E-state index is 12.7. The van der Waals surface area contributed by atoms with Crippen molar-refractivity contribution >= 4 is 29.2 Å². The molecule has 1 heterocycles. The van der Waals surface area contributed by atoms with Crippen molar-refractivity contribution in [2.75, 3.05) is 0 Å². The first-order valence-electron chi connectivity index (χ1n) is 7.99. The van der Waals surface area contributed by atoms with E-state index in [0.717, 1.165) is 36.8 Å². The number of amides is 1. The second-order valence-electron chi connectivity index (χ2n) is 5.82. The predicted molar refractivity (Wildman–Crippen MR) is 95.3 cm³/mol. The predicted octanol–water partition coefficient (Wildman–Crippen LogP) is 3.48. The molecule has 0 radical (unpaired) electrons. The number of benzene rings is 1. The zero-order valence-electron chi connectivity index (χ0n) is 13.4. The Labute approximate surface area is 154 Å². The molecule has 9 heteroatoms. The van der Waals surface area contributed by atoms with Gasteiger partial charge in [0.2, 0.25) is 0 Å². The lowest BCUT2D eigenvalue weighted by Crippen LogP contribution is -2.44. The van der Waals surface area contributed by atoms with Crippen LogP contribution in [-0.4, -0.2) is 36.8 Å². The molecule has 1 fully saturated rings. The highest BCUT2D eigenvalue weighted by atomic mass is 35.5. The molecule has 3 rings (SSSR count). The van der Waals surface area contributed by atoms with Crippen molar-refractivity contribution < 1.29 is 4.79 Å². The van der Waals surface area contributed by atoms with Crippen LogP contribution in [0.25, 0.3) is 5.69 Å².